The zero-order valence-corrected chi connectivity index (χ0v) is 8.32. The molecular formula is C9H8ClNOS. The lowest BCUT2D eigenvalue weighted by atomic mass is 10.1. The lowest BCUT2D eigenvalue weighted by Crippen LogP contribution is -1.88. The van der Waals surface area contributed by atoms with Crippen LogP contribution in [0.1, 0.15) is 5.56 Å². The second kappa shape index (κ2) is 3.18. The Labute approximate surface area is 84.6 Å². The Bertz CT molecular complexity index is 452. The van der Waals surface area contributed by atoms with E-state index in [9.17, 15) is 0 Å². The average molecular weight is 214 g/mol. The lowest BCUT2D eigenvalue weighted by Gasteiger charge is -2.01. The van der Waals surface area contributed by atoms with Crippen LogP contribution in [-0.2, 0) is 6.61 Å². The summed E-state index contributed by atoms with van der Waals surface area (Å²) in [6.07, 6.45) is 0. The van der Waals surface area contributed by atoms with Crippen molar-refractivity contribution >= 4 is 38.7 Å². The van der Waals surface area contributed by atoms with Gasteiger partial charge >= 0.3 is 0 Å². The fraction of sp³-hybridized carbons (Fsp3) is 0.111. The van der Waals surface area contributed by atoms with Crippen LogP contribution in [0.25, 0.3) is 10.1 Å². The first-order valence-corrected chi connectivity index (χ1v) is 5.04. The van der Waals surface area contributed by atoms with Crippen molar-refractivity contribution in [2.24, 2.45) is 0 Å². The number of aliphatic hydroxyl groups excluding tert-OH is 1. The van der Waals surface area contributed by atoms with Gasteiger partial charge in [0.15, 0.2) is 0 Å². The number of rotatable bonds is 1. The van der Waals surface area contributed by atoms with Crippen molar-refractivity contribution in [3.05, 3.63) is 28.1 Å². The minimum absolute atomic E-state index is 0.0215. The van der Waals surface area contributed by atoms with Crippen molar-refractivity contribution in [2.45, 2.75) is 6.61 Å². The van der Waals surface area contributed by atoms with E-state index in [0.717, 1.165) is 15.6 Å². The molecule has 0 spiro atoms. The summed E-state index contributed by atoms with van der Waals surface area (Å²) in [6, 6.07) is 3.59. The third kappa shape index (κ3) is 1.29. The molecule has 0 aliphatic rings. The monoisotopic (exact) mass is 213 g/mol. The van der Waals surface area contributed by atoms with E-state index < -0.39 is 0 Å². The number of fused-ring (bicyclic) bond motifs is 1. The number of hydrogen-bond donors (Lipinski definition) is 2. The summed E-state index contributed by atoms with van der Waals surface area (Å²) in [5.41, 5.74) is 7.31. The molecule has 0 aliphatic heterocycles. The molecule has 0 fully saturated rings. The smallest absolute Gasteiger partial charge is 0.0695 e. The molecule has 0 amide bonds. The Morgan fingerprint density at radius 2 is 2.23 bits per heavy atom. The number of hydrogen-bond acceptors (Lipinski definition) is 3. The van der Waals surface area contributed by atoms with Crippen molar-refractivity contribution in [2.75, 3.05) is 5.73 Å². The number of anilines is 1. The minimum atomic E-state index is 0.0215. The van der Waals surface area contributed by atoms with Crippen LogP contribution in [0.3, 0.4) is 0 Å². The van der Waals surface area contributed by atoms with E-state index in [4.69, 9.17) is 22.4 Å². The molecule has 0 aliphatic carbocycles. The summed E-state index contributed by atoms with van der Waals surface area (Å²) in [4.78, 5) is 0. The van der Waals surface area contributed by atoms with E-state index in [-0.39, 0.29) is 6.61 Å². The van der Waals surface area contributed by atoms with Gasteiger partial charge in [-0.3, -0.25) is 0 Å². The Hall–Kier alpha value is -0.770. The molecule has 0 radical (unpaired) electrons. The Morgan fingerprint density at radius 3 is 2.92 bits per heavy atom. The minimum Gasteiger partial charge on any atom is -0.398 e. The van der Waals surface area contributed by atoms with Crippen molar-refractivity contribution in [3.63, 3.8) is 0 Å². The second-order valence-corrected chi connectivity index (χ2v) is 4.05. The zero-order chi connectivity index (χ0) is 9.42. The highest BCUT2D eigenvalue weighted by Gasteiger charge is 2.08. The van der Waals surface area contributed by atoms with Crippen LogP contribution in [0, 0.1) is 0 Å². The standard InChI is InChI=1S/C9H8ClNOS/c10-6-4-13-9-5(3-12)1-2-7(11)8(6)9/h1-2,4,12H,3,11H2. The molecule has 2 aromatic rings. The third-order valence-corrected chi connectivity index (χ3v) is 3.44. The highest BCUT2D eigenvalue weighted by Crippen LogP contribution is 2.36. The molecule has 2 nitrogen and oxygen atoms in total. The summed E-state index contributed by atoms with van der Waals surface area (Å²) in [6.45, 7) is 0.0215. The molecule has 0 saturated carbocycles. The maximum Gasteiger partial charge on any atom is 0.0695 e. The molecule has 0 bridgehead atoms. The average Bonchev–Trinajstić information content (AvgIpc) is 2.50. The lowest BCUT2D eigenvalue weighted by molar-refractivity contribution is 0.283. The number of nitrogen functional groups attached to an aromatic ring is 1. The first-order chi connectivity index (χ1) is 6.24. The number of nitrogens with two attached hydrogens (primary N) is 1. The van der Waals surface area contributed by atoms with Crippen molar-refractivity contribution in [3.8, 4) is 0 Å². The van der Waals surface area contributed by atoms with Gasteiger partial charge in [-0.25, -0.2) is 0 Å². The maximum absolute atomic E-state index is 9.06. The number of halogens is 1. The molecule has 4 heteroatoms. The summed E-state index contributed by atoms with van der Waals surface area (Å²) in [5.74, 6) is 0. The number of thiophene rings is 1. The number of benzene rings is 1. The topological polar surface area (TPSA) is 46.2 Å². The van der Waals surface area contributed by atoms with Crippen LogP contribution in [0.2, 0.25) is 5.02 Å². The van der Waals surface area contributed by atoms with E-state index >= 15 is 0 Å². The van der Waals surface area contributed by atoms with Crippen LogP contribution < -0.4 is 5.73 Å². The molecular weight excluding hydrogens is 206 g/mol. The van der Waals surface area contributed by atoms with Gasteiger partial charge in [0, 0.05) is 21.2 Å². The van der Waals surface area contributed by atoms with Crippen LogP contribution in [0.4, 0.5) is 5.69 Å². The predicted octanol–water partition coefficient (Wildman–Crippen LogP) is 2.63. The summed E-state index contributed by atoms with van der Waals surface area (Å²) in [5, 5.41) is 12.4. The second-order valence-electron chi connectivity index (χ2n) is 2.76. The van der Waals surface area contributed by atoms with Crippen molar-refractivity contribution < 1.29 is 5.11 Å². The molecule has 3 N–H and O–H groups in total. The van der Waals surface area contributed by atoms with Crippen LogP contribution in [0.15, 0.2) is 17.5 Å². The molecule has 2 rings (SSSR count). The Balaban J connectivity index is 2.87. The van der Waals surface area contributed by atoms with Gasteiger partial charge in [0.2, 0.25) is 0 Å². The fourth-order valence-corrected chi connectivity index (χ4v) is 2.68. The predicted molar refractivity (Wildman–Crippen MR) is 57.2 cm³/mol. The highest BCUT2D eigenvalue weighted by molar-refractivity contribution is 7.18. The summed E-state index contributed by atoms with van der Waals surface area (Å²) >= 11 is 7.46. The van der Waals surface area contributed by atoms with Crippen LogP contribution >= 0.6 is 22.9 Å². The van der Waals surface area contributed by atoms with Gasteiger partial charge in [0.1, 0.15) is 0 Å². The van der Waals surface area contributed by atoms with Gasteiger partial charge in [-0.1, -0.05) is 17.7 Å². The van der Waals surface area contributed by atoms with E-state index in [0.29, 0.717) is 10.7 Å². The van der Waals surface area contributed by atoms with E-state index in [1.807, 2.05) is 11.4 Å². The quantitative estimate of drug-likeness (QED) is 0.716. The van der Waals surface area contributed by atoms with Crippen molar-refractivity contribution in [1.29, 1.82) is 0 Å². The molecule has 1 aromatic carbocycles. The third-order valence-electron chi connectivity index (χ3n) is 1.96. The van der Waals surface area contributed by atoms with Gasteiger partial charge in [0.05, 0.1) is 11.6 Å². The van der Waals surface area contributed by atoms with Crippen LogP contribution in [0.5, 0.6) is 0 Å². The normalized spacial score (nSPS) is 10.9. The highest BCUT2D eigenvalue weighted by atomic mass is 35.5. The van der Waals surface area contributed by atoms with Gasteiger partial charge in [-0.2, -0.15) is 0 Å². The first kappa shape index (κ1) is 8.81. The van der Waals surface area contributed by atoms with Gasteiger partial charge in [0.25, 0.3) is 0 Å². The van der Waals surface area contributed by atoms with Crippen molar-refractivity contribution in [1.82, 2.24) is 0 Å². The largest absolute Gasteiger partial charge is 0.398 e. The maximum atomic E-state index is 9.06. The van der Waals surface area contributed by atoms with E-state index in [2.05, 4.69) is 0 Å². The van der Waals surface area contributed by atoms with E-state index in [1.165, 1.54) is 11.3 Å². The summed E-state index contributed by atoms with van der Waals surface area (Å²) in [7, 11) is 0. The van der Waals surface area contributed by atoms with Gasteiger partial charge < -0.3 is 10.8 Å². The fourth-order valence-electron chi connectivity index (χ4n) is 1.32. The molecule has 13 heavy (non-hydrogen) atoms. The molecule has 0 saturated heterocycles. The molecule has 68 valence electrons. The van der Waals surface area contributed by atoms with Gasteiger partial charge in [-0.15, -0.1) is 11.3 Å². The van der Waals surface area contributed by atoms with E-state index in [1.54, 1.807) is 6.07 Å². The summed E-state index contributed by atoms with van der Waals surface area (Å²) < 4.78 is 0.979. The van der Waals surface area contributed by atoms with Gasteiger partial charge in [-0.05, 0) is 11.6 Å². The first-order valence-electron chi connectivity index (χ1n) is 3.79. The molecule has 1 aromatic heterocycles. The molecule has 0 unspecified atom stereocenters. The SMILES string of the molecule is Nc1ccc(CO)c2scc(Cl)c12. The Morgan fingerprint density at radius 1 is 1.46 bits per heavy atom. The molecule has 0 atom stereocenters. The number of aliphatic hydroxyl groups is 1. The Kier molecular flexibility index (Phi) is 2.15. The zero-order valence-electron chi connectivity index (χ0n) is 6.75. The molecule has 1 heterocycles. The van der Waals surface area contributed by atoms with Crippen LogP contribution in [-0.4, -0.2) is 5.11 Å².